The number of hydrogen-bond donors (Lipinski definition) is 2. The van der Waals surface area contributed by atoms with E-state index in [4.69, 9.17) is 9.47 Å². The molecule has 2 aromatic carbocycles. The van der Waals surface area contributed by atoms with Crippen LogP contribution in [-0.2, 0) is 11.2 Å². The van der Waals surface area contributed by atoms with Gasteiger partial charge in [0, 0.05) is 24.2 Å². The molecule has 0 aromatic heterocycles. The Morgan fingerprint density at radius 3 is 2.56 bits per heavy atom. The Bertz CT molecular complexity index is 748. The zero-order valence-corrected chi connectivity index (χ0v) is 16.0. The summed E-state index contributed by atoms with van der Waals surface area (Å²) in [6, 6.07) is 15.8. The molecule has 1 aliphatic rings. The van der Waals surface area contributed by atoms with E-state index in [0.717, 1.165) is 36.4 Å². The van der Waals surface area contributed by atoms with Crippen LogP contribution in [0.3, 0.4) is 0 Å². The molecule has 1 aliphatic heterocycles. The lowest BCUT2D eigenvalue weighted by molar-refractivity contribution is -0.122. The quantitative estimate of drug-likeness (QED) is 0.781. The molecule has 0 fully saturated rings. The minimum Gasteiger partial charge on any atom is -0.490 e. The van der Waals surface area contributed by atoms with Crippen LogP contribution in [0.5, 0.6) is 11.5 Å². The van der Waals surface area contributed by atoms with Crippen molar-refractivity contribution in [1.82, 2.24) is 5.32 Å². The van der Waals surface area contributed by atoms with Crippen molar-refractivity contribution in [2.45, 2.75) is 45.2 Å². The maximum Gasteiger partial charge on any atom is 0.242 e. The second-order valence-corrected chi connectivity index (χ2v) is 7.01. The number of carbonyl (C=O) groups excluding carboxylic acids is 1. The average Bonchev–Trinajstić information content (AvgIpc) is 2.92. The Morgan fingerprint density at radius 2 is 1.78 bits per heavy atom. The topological polar surface area (TPSA) is 59.6 Å². The van der Waals surface area contributed by atoms with Gasteiger partial charge in [0.2, 0.25) is 5.91 Å². The second kappa shape index (κ2) is 9.31. The molecule has 2 atom stereocenters. The van der Waals surface area contributed by atoms with Crippen LogP contribution in [0.15, 0.2) is 48.5 Å². The molecule has 5 nitrogen and oxygen atoms in total. The van der Waals surface area contributed by atoms with Gasteiger partial charge in [0.05, 0.1) is 13.2 Å². The van der Waals surface area contributed by atoms with Crippen molar-refractivity contribution in [2.75, 3.05) is 18.5 Å². The van der Waals surface area contributed by atoms with Crippen LogP contribution >= 0.6 is 0 Å². The molecular weight excluding hydrogens is 340 g/mol. The largest absolute Gasteiger partial charge is 0.490 e. The molecule has 2 N–H and O–H groups in total. The molecule has 1 amide bonds. The minimum absolute atomic E-state index is 0.0114. The van der Waals surface area contributed by atoms with E-state index in [1.165, 1.54) is 5.56 Å². The Kier molecular flexibility index (Phi) is 6.58. The summed E-state index contributed by atoms with van der Waals surface area (Å²) < 4.78 is 11.3. The number of aryl methyl sites for hydroxylation is 1. The van der Waals surface area contributed by atoms with Crippen LogP contribution in [0.4, 0.5) is 5.69 Å². The first-order valence-corrected chi connectivity index (χ1v) is 9.62. The van der Waals surface area contributed by atoms with Crippen molar-refractivity contribution in [3.8, 4) is 11.5 Å². The highest BCUT2D eigenvalue weighted by molar-refractivity contribution is 5.84. The van der Waals surface area contributed by atoms with E-state index in [2.05, 4.69) is 22.8 Å². The van der Waals surface area contributed by atoms with Gasteiger partial charge in [0.25, 0.3) is 0 Å². The van der Waals surface area contributed by atoms with Crippen LogP contribution < -0.4 is 20.1 Å². The van der Waals surface area contributed by atoms with Gasteiger partial charge in [0.15, 0.2) is 11.5 Å². The molecule has 0 aliphatic carbocycles. The summed E-state index contributed by atoms with van der Waals surface area (Å²) in [5, 5.41) is 6.33. The third-order valence-electron chi connectivity index (χ3n) is 4.62. The first-order chi connectivity index (χ1) is 13.1. The summed E-state index contributed by atoms with van der Waals surface area (Å²) in [7, 11) is 0. The van der Waals surface area contributed by atoms with Crippen LogP contribution in [0, 0.1) is 0 Å². The Morgan fingerprint density at radius 1 is 1.04 bits per heavy atom. The van der Waals surface area contributed by atoms with Gasteiger partial charge >= 0.3 is 0 Å². The molecule has 0 unspecified atom stereocenters. The summed E-state index contributed by atoms with van der Waals surface area (Å²) in [6.45, 7) is 5.22. The van der Waals surface area contributed by atoms with Crippen molar-refractivity contribution in [3.63, 3.8) is 0 Å². The van der Waals surface area contributed by atoms with Crippen molar-refractivity contribution in [1.29, 1.82) is 0 Å². The third kappa shape index (κ3) is 5.64. The van der Waals surface area contributed by atoms with E-state index in [1.807, 2.05) is 50.2 Å². The molecule has 2 aromatic rings. The summed E-state index contributed by atoms with van der Waals surface area (Å²) in [5.41, 5.74) is 2.14. The molecule has 27 heavy (non-hydrogen) atoms. The fourth-order valence-corrected chi connectivity index (χ4v) is 3.04. The van der Waals surface area contributed by atoms with Crippen LogP contribution in [0.25, 0.3) is 0 Å². The van der Waals surface area contributed by atoms with Gasteiger partial charge in [-0.05, 0) is 44.4 Å². The van der Waals surface area contributed by atoms with Gasteiger partial charge in [-0.1, -0.05) is 30.3 Å². The monoisotopic (exact) mass is 368 g/mol. The SMILES string of the molecule is C[C@H](CCc1ccccc1)NC(=O)[C@@H](C)Nc1ccc2c(c1)OCCCO2. The van der Waals surface area contributed by atoms with Gasteiger partial charge in [-0.25, -0.2) is 0 Å². The van der Waals surface area contributed by atoms with Gasteiger partial charge in [-0.15, -0.1) is 0 Å². The maximum atomic E-state index is 12.5. The molecule has 0 radical (unpaired) electrons. The second-order valence-electron chi connectivity index (χ2n) is 7.01. The lowest BCUT2D eigenvalue weighted by Gasteiger charge is -2.20. The highest BCUT2D eigenvalue weighted by Gasteiger charge is 2.17. The van der Waals surface area contributed by atoms with E-state index >= 15 is 0 Å². The zero-order valence-electron chi connectivity index (χ0n) is 16.0. The lowest BCUT2D eigenvalue weighted by Crippen LogP contribution is -2.42. The number of amides is 1. The smallest absolute Gasteiger partial charge is 0.242 e. The molecule has 5 heteroatoms. The summed E-state index contributed by atoms with van der Waals surface area (Å²) in [5.74, 6) is 1.47. The van der Waals surface area contributed by atoms with E-state index in [1.54, 1.807) is 0 Å². The summed E-state index contributed by atoms with van der Waals surface area (Å²) >= 11 is 0. The van der Waals surface area contributed by atoms with Crippen molar-refractivity contribution >= 4 is 11.6 Å². The number of hydrogen-bond acceptors (Lipinski definition) is 4. The Labute approximate surface area is 161 Å². The van der Waals surface area contributed by atoms with Crippen LogP contribution in [0.1, 0.15) is 32.3 Å². The minimum atomic E-state index is -0.339. The molecule has 0 saturated heterocycles. The van der Waals surface area contributed by atoms with Crippen molar-refractivity contribution in [3.05, 3.63) is 54.1 Å². The van der Waals surface area contributed by atoms with E-state index in [0.29, 0.717) is 13.2 Å². The number of nitrogens with one attached hydrogen (secondary N) is 2. The number of anilines is 1. The average molecular weight is 368 g/mol. The number of benzene rings is 2. The number of ether oxygens (including phenoxy) is 2. The van der Waals surface area contributed by atoms with E-state index in [-0.39, 0.29) is 18.0 Å². The first-order valence-electron chi connectivity index (χ1n) is 9.62. The zero-order chi connectivity index (χ0) is 19.1. The molecule has 144 valence electrons. The predicted octanol–water partition coefficient (Wildman–Crippen LogP) is 3.79. The van der Waals surface area contributed by atoms with E-state index in [9.17, 15) is 4.79 Å². The molecule has 0 bridgehead atoms. The number of rotatable bonds is 7. The lowest BCUT2D eigenvalue weighted by atomic mass is 10.1. The predicted molar refractivity (Wildman–Crippen MR) is 108 cm³/mol. The normalized spacial score (nSPS) is 15.3. The Hall–Kier alpha value is -2.69. The van der Waals surface area contributed by atoms with Crippen LogP contribution in [0.2, 0.25) is 0 Å². The Balaban J connectivity index is 1.49. The standard InChI is InChI=1S/C22H28N2O3/c1-16(9-10-18-7-4-3-5-8-18)23-22(25)17(2)24-19-11-12-20-21(15-19)27-14-6-13-26-20/h3-5,7-8,11-12,15-17,24H,6,9-10,13-14H2,1-2H3,(H,23,25)/t16-,17-/m1/s1. The van der Waals surface area contributed by atoms with Crippen LogP contribution in [-0.4, -0.2) is 31.2 Å². The highest BCUT2D eigenvalue weighted by Crippen LogP contribution is 2.32. The fraction of sp³-hybridized carbons (Fsp3) is 0.409. The summed E-state index contributed by atoms with van der Waals surface area (Å²) in [6.07, 6.45) is 2.73. The van der Waals surface area contributed by atoms with E-state index < -0.39 is 0 Å². The molecular formula is C22H28N2O3. The van der Waals surface area contributed by atoms with Gasteiger partial charge in [-0.3, -0.25) is 4.79 Å². The van der Waals surface area contributed by atoms with Gasteiger partial charge < -0.3 is 20.1 Å². The molecule has 0 saturated carbocycles. The maximum absolute atomic E-state index is 12.5. The molecule has 0 spiro atoms. The van der Waals surface area contributed by atoms with Gasteiger partial charge in [0.1, 0.15) is 6.04 Å². The number of fused-ring (bicyclic) bond motifs is 1. The van der Waals surface area contributed by atoms with Crippen molar-refractivity contribution in [2.24, 2.45) is 0 Å². The molecule has 3 rings (SSSR count). The molecule has 1 heterocycles. The first kappa shape index (κ1) is 19.1. The summed E-state index contributed by atoms with van der Waals surface area (Å²) in [4.78, 5) is 12.5. The fourth-order valence-electron chi connectivity index (χ4n) is 3.04. The van der Waals surface area contributed by atoms with Crippen molar-refractivity contribution < 1.29 is 14.3 Å². The van der Waals surface area contributed by atoms with Gasteiger partial charge in [-0.2, -0.15) is 0 Å². The highest BCUT2D eigenvalue weighted by atomic mass is 16.5. The third-order valence-corrected chi connectivity index (χ3v) is 4.62. The number of carbonyl (C=O) groups is 1.